The van der Waals surface area contributed by atoms with Crippen molar-refractivity contribution in [3.05, 3.63) is 65.7 Å². The van der Waals surface area contributed by atoms with Gasteiger partial charge in [0.1, 0.15) is 12.4 Å². The summed E-state index contributed by atoms with van der Waals surface area (Å²) in [6, 6.07) is 18.0. The quantitative estimate of drug-likeness (QED) is 0.766. The number of carbonyl (C=O) groups is 1. The molecule has 0 spiro atoms. The van der Waals surface area contributed by atoms with Crippen LogP contribution in [-0.2, 0) is 17.9 Å². The van der Waals surface area contributed by atoms with Gasteiger partial charge < -0.3 is 4.74 Å². The van der Waals surface area contributed by atoms with E-state index < -0.39 is 0 Å². The Labute approximate surface area is 143 Å². The van der Waals surface area contributed by atoms with Gasteiger partial charge in [-0.1, -0.05) is 55.3 Å². The van der Waals surface area contributed by atoms with Crippen LogP contribution in [-0.4, -0.2) is 5.91 Å². The summed E-state index contributed by atoms with van der Waals surface area (Å²) in [4.78, 5) is 11.9. The van der Waals surface area contributed by atoms with Crippen LogP contribution in [0, 0.1) is 5.92 Å². The highest BCUT2D eigenvalue weighted by molar-refractivity contribution is 5.78. The monoisotopic (exact) mass is 324 g/mol. The molecular weight excluding hydrogens is 300 g/mol. The fourth-order valence-corrected chi connectivity index (χ4v) is 2.97. The third kappa shape index (κ3) is 4.83. The van der Waals surface area contributed by atoms with E-state index in [1.165, 1.54) is 12.8 Å². The molecule has 0 atom stereocenters. The van der Waals surface area contributed by atoms with Crippen LogP contribution >= 0.6 is 0 Å². The van der Waals surface area contributed by atoms with Crippen molar-refractivity contribution in [3.63, 3.8) is 0 Å². The zero-order valence-corrected chi connectivity index (χ0v) is 13.8. The maximum atomic E-state index is 11.9. The molecule has 0 heterocycles. The minimum Gasteiger partial charge on any atom is -0.489 e. The fourth-order valence-electron chi connectivity index (χ4n) is 2.97. The van der Waals surface area contributed by atoms with Gasteiger partial charge in [0.25, 0.3) is 0 Å². The van der Waals surface area contributed by atoms with Crippen molar-refractivity contribution in [3.8, 4) is 5.75 Å². The van der Waals surface area contributed by atoms with Gasteiger partial charge >= 0.3 is 0 Å². The number of hydrazine groups is 1. The summed E-state index contributed by atoms with van der Waals surface area (Å²) in [5.41, 5.74) is 8.09. The number of ether oxygens (including phenoxy) is 1. The van der Waals surface area contributed by atoms with E-state index in [0.717, 1.165) is 29.7 Å². The zero-order valence-electron chi connectivity index (χ0n) is 13.8. The molecule has 0 aliphatic heterocycles. The number of rotatable bonds is 7. The maximum absolute atomic E-state index is 11.9. The molecule has 126 valence electrons. The maximum Gasteiger partial charge on any atom is 0.237 e. The highest BCUT2D eigenvalue weighted by Crippen LogP contribution is 2.24. The summed E-state index contributed by atoms with van der Waals surface area (Å²) >= 11 is 0. The molecule has 4 heteroatoms. The minimum atomic E-state index is 0.121. The van der Waals surface area contributed by atoms with Crippen molar-refractivity contribution in [1.29, 1.82) is 0 Å². The van der Waals surface area contributed by atoms with E-state index in [1.807, 2.05) is 54.6 Å². The van der Waals surface area contributed by atoms with Gasteiger partial charge in [-0.25, -0.2) is 5.43 Å². The first-order chi connectivity index (χ1) is 11.8. The lowest BCUT2D eigenvalue weighted by atomic mass is 10.1. The van der Waals surface area contributed by atoms with Crippen LogP contribution in [0.4, 0.5) is 0 Å². The Morgan fingerprint density at radius 2 is 1.67 bits per heavy atom. The first-order valence-electron chi connectivity index (χ1n) is 8.59. The molecule has 2 aromatic carbocycles. The van der Waals surface area contributed by atoms with Crippen molar-refractivity contribution in [1.82, 2.24) is 10.9 Å². The highest BCUT2D eigenvalue weighted by Gasteiger charge is 2.22. The van der Waals surface area contributed by atoms with E-state index in [1.54, 1.807) is 0 Å². The molecule has 1 amide bonds. The van der Waals surface area contributed by atoms with E-state index in [4.69, 9.17) is 4.74 Å². The molecule has 0 radical (unpaired) electrons. The van der Waals surface area contributed by atoms with E-state index in [0.29, 0.717) is 13.2 Å². The second-order valence-corrected chi connectivity index (χ2v) is 6.24. The van der Waals surface area contributed by atoms with Crippen LogP contribution in [0.15, 0.2) is 54.6 Å². The summed E-state index contributed by atoms with van der Waals surface area (Å²) < 4.78 is 5.77. The summed E-state index contributed by atoms with van der Waals surface area (Å²) in [5, 5.41) is 0. The highest BCUT2D eigenvalue weighted by atomic mass is 16.5. The smallest absolute Gasteiger partial charge is 0.237 e. The predicted octanol–water partition coefficient (Wildman–Crippen LogP) is 3.58. The van der Waals surface area contributed by atoms with Crippen LogP contribution in [0.25, 0.3) is 0 Å². The fraction of sp³-hybridized carbons (Fsp3) is 0.350. The second-order valence-electron chi connectivity index (χ2n) is 6.24. The molecule has 2 aromatic rings. The lowest BCUT2D eigenvalue weighted by Gasteiger charge is -2.12. The van der Waals surface area contributed by atoms with Crippen molar-refractivity contribution >= 4 is 5.91 Å². The Morgan fingerprint density at radius 1 is 0.958 bits per heavy atom. The first-order valence-corrected chi connectivity index (χ1v) is 8.59. The van der Waals surface area contributed by atoms with E-state index >= 15 is 0 Å². The Kier molecular flexibility index (Phi) is 5.85. The number of hydrogen-bond acceptors (Lipinski definition) is 3. The molecule has 1 saturated carbocycles. The molecule has 0 bridgehead atoms. The molecular formula is C20H24N2O2. The lowest BCUT2D eigenvalue weighted by molar-refractivity contribution is -0.125. The second kappa shape index (κ2) is 8.50. The third-order valence-electron chi connectivity index (χ3n) is 4.40. The van der Waals surface area contributed by atoms with Crippen molar-refractivity contribution in [2.45, 2.75) is 38.8 Å². The van der Waals surface area contributed by atoms with E-state index in [2.05, 4.69) is 10.9 Å². The third-order valence-corrected chi connectivity index (χ3v) is 4.40. The average molecular weight is 324 g/mol. The van der Waals surface area contributed by atoms with Gasteiger partial charge in [-0.15, -0.1) is 0 Å². The molecule has 0 unspecified atom stereocenters. The van der Waals surface area contributed by atoms with Gasteiger partial charge in [-0.2, -0.15) is 0 Å². The van der Waals surface area contributed by atoms with Crippen molar-refractivity contribution in [2.24, 2.45) is 5.92 Å². The normalized spacial score (nSPS) is 14.5. The zero-order chi connectivity index (χ0) is 16.6. The standard InChI is InChI=1S/C20H24N2O2/c23-20(18-8-4-5-9-18)22-21-14-16-10-12-19(13-11-16)24-15-17-6-2-1-3-7-17/h1-3,6-7,10-13,18,21H,4-5,8-9,14-15H2,(H,22,23). The summed E-state index contributed by atoms with van der Waals surface area (Å²) in [7, 11) is 0. The van der Waals surface area contributed by atoms with Crippen LogP contribution in [0.3, 0.4) is 0 Å². The van der Waals surface area contributed by atoms with Crippen LogP contribution in [0.5, 0.6) is 5.75 Å². The van der Waals surface area contributed by atoms with E-state index in [9.17, 15) is 4.79 Å². The largest absolute Gasteiger partial charge is 0.489 e. The average Bonchev–Trinajstić information content (AvgIpc) is 3.17. The summed E-state index contributed by atoms with van der Waals surface area (Å²) in [6.07, 6.45) is 4.37. The van der Waals surface area contributed by atoms with Crippen molar-refractivity contribution < 1.29 is 9.53 Å². The number of carbonyl (C=O) groups excluding carboxylic acids is 1. The predicted molar refractivity (Wildman–Crippen MR) is 94.2 cm³/mol. The van der Waals surface area contributed by atoms with Crippen LogP contribution < -0.4 is 15.6 Å². The van der Waals surface area contributed by atoms with Gasteiger partial charge in [-0.3, -0.25) is 10.2 Å². The molecule has 0 saturated heterocycles. The number of amides is 1. The number of benzene rings is 2. The topological polar surface area (TPSA) is 50.4 Å². The summed E-state index contributed by atoms with van der Waals surface area (Å²) in [5.74, 6) is 1.15. The minimum absolute atomic E-state index is 0.121. The molecule has 1 aliphatic carbocycles. The molecule has 24 heavy (non-hydrogen) atoms. The Balaban J connectivity index is 1.40. The Morgan fingerprint density at radius 3 is 2.38 bits per heavy atom. The van der Waals surface area contributed by atoms with Crippen molar-refractivity contribution in [2.75, 3.05) is 0 Å². The van der Waals surface area contributed by atoms with Crippen LogP contribution in [0.1, 0.15) is 36.8 Å². The molecule has 2 N–H and O–H groups in total. The first kappa shape index (κ1) is 16.5. The molecule has 3 rings (SSSR count). The van der Waals surface area contributed by atoms with Gasteiger partial charge in [0.2, 0.25) is 5.91 Å². The molecule has 0 aromatic heterocycles. The lowest BCUT2D eigenvalue weighted by Crippen LogP contribution is -2.40. The van der Waals surface area contributed by atoms with Crippen LogP contribution in [0.2, 0.25) is 0 Å². The van der Waals surface area contributed by atoms with Gasteiger partial charge in [0, 0.05) is 12.5 Å². The number of hydrogen-bond donors (Lipinski definition) is 2. The van der Waals surface area contributed by atoms with E-state index in [-0.39, 0.29) is 11.8 Å². The van der Waals surface area contributed by atoms with Gasteiger partial charge in [-0.05, 0) is 36.1 Å². The SMILES string of the molecule is O=C(NNCc1ccc(OCc2ccccc2)cc1)C1CCCC1. The van der Waals surface area contributed by atoms with Gasteiger partial charge in [0.05, 0.1) is 0 Å². The summed E-state index contributed by atoms with van der Waals surface area (Å²) in [6.45, 7) is 1.17. The van der Waals surface area contributed by atoms with Gasteiger partial charge in [0.15, 0.2) is 0 Å². The Hall–Kier alpha value is -2.33. The Bertz CT molecular complexity index is 634. The molecule has 4 nitrogen and oxygen atoms in total. The number of nitrogens with one attached hydrogen (secondary N) is 2. The molecule has 1 aliphatic rings. The molecule has 1 fully saturated rings.